The lowest BCUT2D eigenvalue weighted by Crippen LogP contribution is -2.51. The minimum atomic E-state index is -3.66. The van der Waals surface area contributed by atoms with Crippen LogP contribution in [-0.4, -0.2) is 45.9 Å². The number of nitrogens with zero attached hydrogens (tertiary/aromatic N) is 1. The highest BCUT2D eigenvalue weighted by molar-refractivity contribution is 7.92. The Hall–Kier alpha value is -1.96. The Bertz CT molecular complexity index is 841. The van der Waals surface area contributed by atoms with Crippen molar-refractivity contribution in [1.82, 2.24) is 5.32 Å². The van der Waals surface area contributed by atoms with E-state index in [1.54, 1.807) is 25.1 Å². The molecule has 2 aliphatic carbocycles. The van der Waals surface area contributed by atoms with Gasteiger partial charge in [0.25, 0.3) is 0 Å². The Morgan fingerprint density at radius 1 is 1.19 bits per heavy atom. The first-order valence-corrected chi connectivity index (χ1v) is 11.4. The molecule has 1 aliphatic heterocycles. The standard InChI is InChI=1S/C19H26N2O5S/c1-12(19(22)20-16-10-13-3-4-14(16)9-13)21(27(2,23)24)15-5-6-17-18(11-15)26-8-7-25-17/h5-6,11-14,16H,3-4,7-10H2,1-2H3,(H,20,22)/t12-,13-,14-,16+/m1/s1. The monoisotopic (exact) mass is 394 g/mol. The Morgan fingerprint density at radius 3 is 2.56 bits per heavy atom. The molecule has 0 radical (unpaired) electrons. The lowest BCUT2D eigenvalue weighted by Gasteiger charge is -2.31. The van der Waals surface area contributed by atoms with Gasteiger partial charge in [-0.15, -0.1) is 0 Å². The largest absolute Gasteiger partial charge is 0.486 e. The number of rotatable bonds is 5. The molecule has 1 aromatic carbocycles. The Balaban J connectivity index is 1.55. The lowest BCUT2D eigenvalue weighted by atomic mass is 9.95. The molecule has 1 N–H and O–H groups in total. The zero-order chi connectivity index (χ0) is 19.2. The average molecular weight is 394 g/mol. The second-order valence-electron chi connectivity index (χ2n) is 7.85. The van der Waals surface area contributed by atoms with Crippen molar-refractivity contribution in [1.29, 1.82) is 0 Å². The fraction of sp³-hybridized carbons (Fsp3) is 0.632. The summed E-state index contributed by atoms with van der Waals surface area (Å²) in [4.78, 5) is 12.9. The number of amides is 1. The van der Waals surface area contributed by atoms with Gasteiger partial charge in [-0.25, -0.2) is 8.42 Å². The molecule has 8 heteroatoms. The highest BCUT2D eigenvalue weighted by Crippen LogP contribution is 2.44. The van der Waals surface area contributed by atoms with Gasteiger partial charge in [-0.2, -0.15) is 0 Å². The van der Waals surface area contributed by atoms with Crippen molar-refractivity contribution in [2.45, 2.75) is 44.7 Å². The molecule has 1 amide bonds. The third kappa shape index (κ3) is 3.59. The molecule has 2 bridgehead atoms. The molecule has 2 saturated carbocycles. The summed E-state index contributed by atoms with van der Waals surface area (Å²) >= 11 is 0. The van der Waals surface area contributed by atoms with Gasteiger partial charge < -0.3 is 14.8 Å². The van der Waals surface area contributed by atoms with Crippen LogP contribution in [-0.2, 0) is 14.8 Å². The normalized spacial score (nSPS) is 27.3. The van der Waals surface area contributed by atoms with Crippen molar-refractivity contribution in [3.8, 4) is 11.5 Å². The molecule has 4 rings (SSSR count). The Labute approximate surface area is 160 Å². The van der Waals surface area contributed by atoms with E-state index in [1.165, 1.54) is 12.8 Å². The van der Waals surface area contributed by atoms with Crippen LogP contribution in [0, 0.1) is 11.8 Å². The zero-order valence-electron chi connectivity index (χ0n) is 15.7. The SMILES string of the molecule is C[C@H](C(=O)N[C@H]1C[C@@H]2CC[C@@H]1C2)N(c1ccc2c(c1)OCCO2)S(C)(=O)=O. The van der Waals surface area contributed by atoms with Gasteiger partial charge in [0.15, 0.2) is 11.5 Å². The first-order valence-electron chi connectivity index (χ1n) is 9.52. The molecule has 1 aromatic rings. The van der Waals surface area contributed by atoms with Crippen LogP contribution in [0.1, 0.15) is 32.6 Å². The molecular weight excluding hydrogens is 368 g/mol. The smallest absolute Gasteiger partial charge is 0.243 e. The van der Waals surface area contributed by atoms with Crippen LogP contribution in [0.15, 0.2) is 18.2 Å². The number of carbonyl (C=O) groups is 1. The van der Waals surface area contributed by atoms with Gasteiger partial charge in [-0.1, -0.05) is 6.42 Å². The number of benzene rings is 1. The molecule has 7 nitrogen and oxygen atoms in total. The highest BCUT2D eigenvalue weighted by atomic mass is 32.2. The topological polar surface area (TPSA) is 84.9 Å². The van der Waals surface area contributed by atoms with Gasteiger partial charge in [0.2, 0.25) is 15.9 Å². The maximum Gasteiger partial charge on any atom is 0.243 e. The van der Waals surface area contributed by atoms with E-state index in [9.17, 15) is 13.2 Å². The van der Waals surface area contributed by atoms with E-state index in [0.29, 0.717) is 42.2 Å². The molecular formula is C19H26N2O5S. The summed E-state index contributed by atoms with van der Waals surface area (Å²) in [6.45, 7) is 2.50. The fourth-order valence-electron chi connectivity index (χ4n) is 4.70. The number of fused-ring (bicyclic) bond motifs is 3. The van der Waals surface area contributed by atoms with Gasteiger partial charge >= 0.3 is 0 Å². The molecule has 0 spiro atoms. The van der Waals surface area contributed by atoms with E-state index < -0.39 is 16.1 Å². The second-order valence-corrected chi connectivity index (χ2v) is 9.71. The minimum absolute atomic E-state index is 0.167. The number of hydrogen-bond donors (Lipinski definition) is 1. The van der Waals surface area contributed by atoms with Gasteiger partial charge in [-0.05, 0) is 50.2 Å². The minimum Gasteiger partial charge on any atom is -0.486 e. The van der Waals surface area contributed by atoms with E-state index >= 15 is 0 Å². The third-order valence-corrected chi connectivity index (χ3v) is 7.18. The summed E-state index contributed by atoms with van der Waals surface area (Å²) in [5.74, 6) is 2.06. The van der Waals surface area contributed by atoms with Crippen molar-refractivity contribution < 1.29 is 22.7 Å². The van der Waals surface area contributed by atoms with Crippen LogP contribution >= 0.6 is 0 Å². The molecule has 3 aliphatic rings. The first-order chi connectivity index (χ1) is 12.8. The van der Waals surface area contributed by atoms with Crippen molar-refractivity contribution in [2.75, 3.05) is 23.8 Å². The zero-order valence-corrected chi connectivity index (χ0v) is 16.5. The van der Waals surface area contributed by atoms with Crippen LogP contribution in [0.25, 0.3) is 0 Å². The van der Waals surface area contributed by atoms with Crippen LogP contribution in [0.3, 0.4) is 0 Å². The number of sulfonamides is 1. The first kappa shape index (κ1) is 18.4. The maximum absolute atomic E-state index is 12.9. The average Bonchev–Trinajstić information content (AvgIpc) is 3.23. The van der Waals surface area contributed by atoms with E-state index in [4.69, 9.17) is 9.47 Å². The summed E-state index contributed by atoms with van der Waals surface area (Å²) < 4.78 is 37.2. The molecule has 148 valence electrons. The van der Waals surface area contributed by atoms with Crippen molar-refractivity contribution in [3.63, 3.8) is 0 Å². The van der Waals surface area contributed by atoms with Crippen LogP contribution in [0.2, 0.25) is 0 Å². The Kier molecular flexibility index (Phi) is 4.70. The van der Waals surface area contributed by atoms with Gasteiger partial charge in [0, 0.05) is 12.1 Å². The van der Waals surface area contributed by atoms with Crippen LogP contribution < -0.4 is 19.1 Å². The van der Waals surface area contributed by atoms with Crippen LogP contribution in [0.5, 0.6) is 11.5 Å². The van der Waals surface area contributed by atoms with E-state index in [1.807, 2.05) is 0 Å². The number of nitrogens with one attached hydrogen (secondary N) is 1. The van der Waals surface area contributed by atoms with E-state index in [-0.39, 0.29) is 11.9 Å². The van der Waals surface area contributed by atoms with Gasteiger partial charge in [-0.3, -0.25) is 9.10 Å². The molecule has 27 heavy (non-hydrogen) atoms. The maximum atomic E-state index is 12.9. The number of ether oxygens (including phenoxy) is 2. The number of anilines is 1. The summed E-state index contributed by atoms with van der Waals surface area (Å²) in [5.41, 5.74) is 0.400. The van der Waals surface area contributed by atoms with E-state index in [2.05, 4.69) is 5.32 Å². The van der Waals surface area contributed by atoms with Gasteiger partial charge in [0.05, 0.1) is 11.9 Å². The summed E-state index contributed by atoms with van der Waals surface area (Å²) in [6.07, 6.45) is 5.70. The molecule has 1 heterocycles. The van der Waals surface area contributed by atoms with Crippen molar-refractivity contribution in [2.24, 2.45) is 11.8 Å². The van der Waals surface area contributed by atoms with Crippen molar-refractivity contribution in [3.05, 3.63) is 18.2 Å². The summed E-state index contributed by atoms with van der Waals surface area (Å²) in [6, 6.07) is 4.28. The molecule has 2 fully saturated rings. The third-order valence-electron chi connectivity index (χ3n) is 5.93. The lowest BCUT2D eigenvalue weighted by molar-refractivity contribution is -0.122. The van der Waals surface area contributed by atoms with Gasteiger partial charge in [0.1, 0.15) is 19.3 Å². The second kappa shape index (κ2) is 6.89. The quantitative estimate of drug-likeness (QED) is 0.825. The Morgan fingerprint density at radius 2 is 1.93 bits per heavy atom. The highest BCUT2D eigenvalue weighted by Gasteiger charge is 2.41. The van der Waals surface area contributed by atoms with Crippen molar-refractivity contribution >= 4 is 21.6 Å². The molecule has 0 saturated heterocycles. The predicted octanol–water partition coefficient (Wildman–Crippen LogP) is 1.92. The molecule has 4 atom stereocenters. The predicted molar refractivity (Wildman–Crippen MR) is 102 cm³/mol. The molecule has 0 aromatic heterocycles. The summed E-state index contributed by atoms with van der Waals surface area (Å²) in [7, 11) is -3.66. The van der Waals surface area contributed by atoms with Crippen LogP contribution in [0.4, 0.5) is 5.69 Å². The number of hydrogen-bond acceptors (Lipinski definition) is 5. The fourth-order valence-corrected chi connectivity index (χ4v) is 5.87. The molecule has 0 unspecified atom stereocenters. The number of carbonyl (C=O) groups excluding carboxylic acids is 1. The van der Waals surface area contributed by atoms with E-state index in [0.717, 1.165) is 23.4 Å². The summed E-state index contributed by atoms with van der Waals surface area (Å²) in [5, 5.41) is 3.09.